The van der Waals surface area contributed by atoms with Crippen molar-refractivity contribution in [3.05, 3.63) is 35.4 Å². The molecule has 0 unspecified atom stereocenters. The smallest absolute Gasteiger partial charge is 0.379 e. The molecule has 1 aromatic rings. The Bertz CT molecular complexity index is 519. The fourth-order valence-corrected chi connectivity index (χ4v) is 2.60. The summed E-state index contributed by atoms with van der Waals surface area (Å²) >= 11 is 1.37. The van der Waals surface area contributed by atoms with Crippen LogP contribution < -0.4 is 5.11 Å². The number of methoxy groups -OCH3 is 1. The van der Waals surface area contributed by atoms with E-state index in [0.29, 0.717) is 5.56 Å². The van der Waals surface area contributed by atoms with E-state index in [1.165, 1.54) is 11.8 Å². The van der Waals surface area contributed by atoms with Crippen LogP contribution in [0.4, 0.5) is 0 Å². The van der Waals surface area contributed by atoms with E-state index in [4.69, 9.17) is 0 Å². The summed E-state index contributed by atoms with van der Waals surface area (Å²) in [4.78, 5) is 23.6. The van der Waals surface area contributed by atoms with Gasteiger partial charge in [-0.05, 0) is 11.6 Å². The SMILES string of the molecule is COC(=O)C(=O)C1=C([O-])c2ccccc2SC1. The highest BCUT2D eigenvalue weighted by Crippen LogP contribution is 2.34. The summed E-state index contributed by atoms with van der Waals surface area (Å²) in [6.07, 6.45) is 0. The number of thioether (sulfide) groups is 1. The Labute approximate surface area is 102 Å². The highest BCUT2D eigenvalue weighted by molar-refractivity contribution is 7.99. The third kappa shape index (κ3) is 2.06. The predicted molar refractivity (Wildman–Crippen MR) is 61.1 cm³/mol. The molecule has 2 rings (SSSR count). The first-order valence-electron chi connectivity index (χ1n) is 4.90. The normalized spacial score (nSPS) is 14.2. The van der Waals surface area contributed by atoms with Crippen molar-refractivity contribution in [3.63, 3.8) is 0 Å². The van der Waals surface area contributed by atoms with E-state index in [2.05, 4.69) is 4.74 Å². The Hall–Kier alpha value is -1.75. The van der Waals surface area contributed by atoms with Crippen molar-refractivity contribution in [1.82, 2.24) is 0 Å². The molecule has 0 amide bonds. The Balaban J connectivity index is 2.44. The maximum atomic E-state index is 12.0. The third-order valence-electron chi connectivity index (χ3n) is 2.42. The van der Waals surface area contributed by atoms with Crippen molar-refractivity contribution in [3.8, 4) is 0 Å². The van der Waals surface area contributed by atoms with Gasteiger partial charge >= 0.3 is 5.97 Å². The molecule has 1 aliphatic rings. The molecule has 88 valence electrons. The second-order valence-corrected chi connectivity index (χ2v) is 4.43. The number of rotatable bonds is 2. The van der Waals surface area contributed by atoms with Gasteiger partial charge in [-0.25, -0.2) is 4.79 Å². The van der Waals surface area contributed by atoms with Gasteiger partial charge in [-0.1, -0.05) is 24.0 Å². The lowest BCUT2D eigenvalue weighted by atomic mass is 10.1. The van der Waals surface area contributed by atoms with Gasteiger partial charge in [0.05, 0.1) is 7.11 Å². The van der Waals surface area contributed by atoms with Crippen LogP contribution in [0.15, 0.2) is 34.7 Å². The summed E-state index contributed by atoms with van der Waals surface area (Å²) in [6, 6.07) is 7.01. The molecule has 0 spiro atoms. The molecular formula is C12H9O4S-. The van der Waals surface area contributed by atoms with Crippen molar-refractivity contribution in [2.24, 2.45) is 0 Å². The lowest BCUT2D eigenvalue weighted by molar-refractivity contribution is -0.245. The maximum absolute atomic E-state index is 12.0. The summed E-state index contributed by atoms with van der Waals surface area (Å²) in [7, 11) is 1.12. The molecule has 17 heavy (non-hydrogen) atoms. The van der Waals surface area contributed by atoms with Gasteiger partial charge < -0.3 is 9.84 Å². The zero-order valence-corrected chi connectivity index (χ0v) is 9.87. The summed E-state index contributed by atoms with van der Waals surface area (Å²) in [5, 5.41) is 12.0. The lowest BCUT2D eigenvalue weighted by Gasteiger charge is -2.25. The summed E-state index contributed by atoms with van der Waals surface area (Å²) in [6.45, 7) is 0. The van der Waals surface area contributed by atoms with E-state index in [0.717, 1.165) is 12.0 Å². The van der Waals surface area contributed by atoms with Gasteiger partial charge in [-0.3, -0.25) is 4.79 Å². The monoisotopic (exact) mass is 249 g/mol. The molecule has 0 N–H and O–H groups in total. The number of esters is 1. The highest BCUT2D eigenvalue weighted by atomic mass is 32.2. The Morgan fingerprint density at radius 3 is 2.76 bits per heavy atom. The van der Waals surface area contributed by atoms with Crippen LogP contribution in [0.5, 0.6) is 0 Å². The molecule has 1 aromatic carbocycles. The van der Waals surface area contributed by atoms with E-state index < -0.39 is 11.8 Å². The fraction of sp³-hybridized carbons (Fsp3) is 0.167. The zero-order valence-electron chi connectivity index (χ0n) is 9.06. The lowest BCUT2D eigenvalue weighted by Crippen LogP contribution is -2.25. The number of ketones is 1. The van der Waals surface area contributed by atoms with Crippen molar-refractivity contribution in [1.29, 1.82) is 0 Å². The number of ether oxygens (including phenoxy) is 1. The summed E-state index contributed by atoms with van der Waals surface area (Å²) in [5.74, 6) is -2.01. The minimum absolute atomic E-state index is 0.0134. The van der Waals surface area contributed by atoms with Crippen LogP contribution >= 0.6 is 11.8 Å². The molecular weight excluding hydrogens is 240 g/mol. The molecule has 5 heteroatoms. The first kappa shape index (κ1) is 11.7. The molecule has 1 heterocycles. The van der Waals surface area contributed by atoms with Crippen molar-refractivity contribution >= 4 is 29.3 Å². The van der Waals surface area contributed by atoms with Gasteiger partial charge in [0.2, 0.25) is 0 Å². The Kier molecular flexibility index (Phi) is 3.19. The van der Waals surface area contributed by atoms with E-state index in [1.54, 1.807) is 12.1 Å². The van der Waals surface area contributed by atoms with Gasteiger partial charge in [-0.15, -0.1) is 11.8 Å². The van der Waals surface area contributed by atoms with Crippen molar-refractivity contribution in [2.45, 2.75) is 4.90 Å². The number of benzene rings is 1. The Morgan fingerprint density at radius 1 is 1.35 bits per heavy atom. The van der Waals surface area contributed by atoms with Crippen LogP contribution in [0.3, 0.4) is 0 Å². The van der Waals surface area contributed by atoms with Gasteiger partial charge in [-0.2, -0.15) is 0 Å². The number of hydrogen-bond acceptors (Lipinski definition) is 5. The predicted octanol–water partition coefficient (Wildman–Crippen LogP) is 0.606. The van der Waals surface area contributed by atoms with Gasteiger partial charge in [0, 0.05) is 16.2 Å². The average molecular weight is 249 g/mol. The zero-order chi connectivity index (χ0) is 12.4. The largest absolute Gasteiger partial charge is 0.872 e. The average Bonchev–Trinajstić information content (AvgIpc) is 2.38. The molecule has 0 aromatic heterocycles. The summed E-state index contributed by atoms with van der Waals surface area (Å²) < 4.78 is 4.33. The molecule has 0 aliphatic carbocycles. The van der Waals surface area contributed by atoms with Crippen LogP contribution in [-0.2, 0) is 14.3 Å². The van der Waals surface area contributed by atoms with Crippen molar-refractivity contribution < 1.29 is 19.4 Å². The van der Waals surface area contributed by atoms with Gasteiger partial charge in [0.15, 0.2) is 0 Å². The molecule has 0 radical (unpaired) electrons. The van der Waals surface area contributed by atoms with Crippen molar-refractivity contribution in [2.75, 3.05) is 12.9 Å². The van der Waals surface area contributed by atoms with E-state index in [1.807, 2.05) is 12.1 Å². The Morgan fingerprint density at radius 2 is 2.06 bits per heavy atom. The maximum Gasteiger partial charge on any atom is 0.379 e. The van der Waals surface area contributed by atoms with Crippen LogP contribution in [0.1, 0.15) is 5.56 Å². The van der Waals surface area contributed by atoms with Gasteiger partial charge in [0.25, 0.3) is 5.78 Å². The van der Waals surface area contributed by atoms with Crippen LogP contribution in [-0.4, -0.2) is 24.6 Å². The summed E-state index contributed by atoms with van der Waals surface area (Å²) in [5.41, 5.74) is 0.455. The first-order chi connectivity index (χ1) is 8.15. The molecule has 0 saturated heterocycles. The molecule has 0 saturated carbocycles. The fourth-order valence-electron chi connectivity index (χ4n) is 1.54. The molecule has 0 fully saturated rings. The van der Waals surface area contributed by atoms with E-state index in [9.17, 15) is 14.7 Å². The minimum atomic E-state index is -0.992. The second-order valence-electron chi connectivity index (χ2n) is 3.41. The number of carbonyl (C=O) groups excluding carboxylic acids is 2. The van der Waals surface area contributed by atoms with Crippen LogP contribution in [0.25, 0.3) is 5.76 Å². The second kappa shape index (κ2) is 4.63. The van der Waals surface area contributed by atoms with Crippen LogP contribution in [0, 0.1) is 0 Å². The third-order valence-corrected chi connectivity index (χ3v) is 3.52. The van der Waals surface area contributed by atoms with E-state index >= 15 is 0 Å². The number of fused-ring (bicyclic) bond motifs is 1. The molecule has 0 bridgehead atoms. The topological polar surface area (TPSA) is 66.4 Å². The number of hydrogen-bond donors (Lipinski definition) is 0. The number of Topliss-reactive ketones (excluding diaryl/α,β-unsaturated/α-hetero) is 1. The molecule has 0 atom stereocenters. The van der Waals surface area contributed by atoms with E-state index in [-0.39, 0.29) is 17.1 Å². The number of carbonyl (C=O) groups is 2. The standard InChI is InChI=1S/C12H10O4S/c1-16-12(15)11(14)8-6-17-9-5-3-2-4-7(9)10(8)13/h2-5,13H,6H2,1H3/p-1. The molecule has 4 nitrogen and oxygen atoms in total. The minimum Gasteiger partial charge on any atom is -0.872 e. The van der Waals surface area contributed by atoms with Gasteiger partial charge in [0.1, 0.15) is 0 Å². The molecule has 1 aliphatic heterocycles. The van der Waals surface area contributed by atoms with Crippen LogP contribution in [0.2, 0.25) is 0 Å². The highest BCUT2D eigenvalue weighted by Gasteiger charge is 2.24. The quantitative estimate of drug-likeness (QED) is 0.567. The first-order valence-corrected chi connectivity index (χ1v) is 5.88.